The largest absolute Gasteiger partial charge is 0.496 e. The average molecular weight is 315 g/mol. The molecule has 0 saturated carbocycles. The van der Waals surface area contributed by atoms with E-state index in [0.717, 1.165) is 15.8 Å². The number of benzene rings is 1. The van der Waals surface area contributed by atoms with E-state index < -0.39 is 0 Å². The molecule has 1 amide bonds. The van der Waals surface area contributed by atoms with Crippen molar-refractivity contribution >= 4 is 21.8 Å². The molecule has 100 valence electrons. The van der Waals surface area contributed by atoms with Crippen LogP contribution in [0.2, 0.25) is 0 Å². The van der Waals surface area contributed by atoms with Crippen molar-refractivity contribution in [1.29, 1.82) is 0 Å². The van der Waals surface area contributed by atoms with Crippen molar-refractivity contribution in [3.05, 3.63) is 28.2 Å². The topological polar surface area (TPSA) is 64.3 Å². The molecule has 0 saturated heterocycles. The fourth-order valence-corrected chi connectivity index (χ4v) is 2.23. The summed E-state index contributed by atoms with van der Waals surface area (Å²) in [7, 11) is 1.64. The van der Waals surface area contributed by atoms with Gasteiger partial charge in [-0.2, -0.15) is 0 Å². The molecule has 18 heavy (non-hydrogen) atoms. The van der Waals surface area contributed by atoms with Gasteiger partial charge in [0.25, 0.3) is 0 Å². The lowest BCUT2D eigenvalue weighted by Gasteiger charge is -2.26. The number of carbonyl (C=O) groups excluding carboxylic acids is 1. The molecule has 0 heterocycles. The Morgan fingerprint density at radius 2 is 2.17 bits per heavy atom. The summed E-state index contributed by atoms with van der Waals surface area (Å²) in [6, 6.07) is 5.98. The summed E-state index contributed by atoms with van der Waals surface area (Å²) < 4.78 is 6.12. The minimum atomic E-state index is -0.346. The molecule has 1 aromatic carbocycles. The minimum absolute atomic E-state index is 0.0930. The van der Waals surface area contributed by atoms with Gasteiger partial charge in [-0.15, -0.1) is 0 Å². The summed E-state index contributed by atoms with van der Waals surface area (Å²) in [5, 5.41) is 3.05. The number of methoxy groups -OCH3 is 1. The number of primary amides is 1. The maximum absolute atomic E-state index is 10.7. The zero-order valence-corrected chi connectivity index (χ0v) is 12.5. The summed E-state index contributed by atoms with van der Waals surface area (Å²) in [5.74, 6) is 0.460. The van der Waals surface area contributed by atoms with Crippen LogP contribution in [0.1, 0.15) is 19.4 Å². The highest BCUT2D eigenvalue weighted by Gasteiger charge is 2.21. The van der Waals surface area contributed by atoms with Gasteiger partial charge in [-0.1, -0.05) is 19.9 Å². The summed E-state index contributed by atoms with van der Waals surface area (Å²) in [5.41, 5.74) is 6.16. The molecule has 0 aliphatic heterocycles. The maximum atomic E-state index is 10.7. The molecule has 0 aromatic heterocycles. The van der Waals surface area contributed by atoms with Gasteiger partial charge in [0.15, 0.2) is 0 Å². The van der Waals surface area contributed by atoms with E-state index >= 15 is 0 Å². The van der Waals surface area contributed by atoms with Crippen LogP contribution in [0.15, 0.2) is 22.7 Å². The third-order valence-corrected chi connectivity index (χ3v) is 3.42. The highest BCUT2D eigenvalue weighted by molar-refractivity contribution is 9.10. The van der Waals surface area contributed by atoms with E-state index in [4.69, 9.17) is 10.5 Å². The van der Waals surface area contributed by atoms with Crippen LogP contribution in [-0.2, 0) is 10.2 Å². The van der Waals surface area contributed by atoms with Crippen molar-refractivity contribution in [3.8, 4) is 5.75 Å². The van der Waals surface area contributed by atoms with E-state index in [1.54, 1.807) is 7.11 Å². The Kier molecular flexibility index (Phi) is 5.16. The summed E-state index contributed by atoms with van der Waals surface area (Å²) in [6.45, 7) is 5.08. The van der Waals surface area contributed by atoms with E-state index in [1.165, 1.54) is 0 Å². The highest BCUT2D eigenvalue weighted by atomic mass is 79.9. The molecule has 0 atom stereocenters. The maximum Gasteiger partial charge on any atom is 0.231 e. The number of rotatable bonds is 6. The second kappa shape index (κ2) is 6.20. The number of carbonyl (C=O) groups is 1. The van der Waals surface area contributed by atoms with Crippen molar-refractivity contribution in [1.82, 2.24) is 5.32 Å². The van der Waals surface area contributed by atoms with Gasteiger partial charge in [0, 0.05) is 12.0 Å². The standard InChI is InChI=1S/C13H19BrN2O2/c1-13(2,8-16-7-12(15)17)9-4-5-11(18-3)10(14)6-9/h4-6,16H,7-8H2,1-3H3,(H2,15,17). The Hall–Kier alpha value is -1.07. The normalized spacial score (nSPS) is 11.3. The monoisotopic (exact) mass is 314 g/mol. The molecule has 4 nitrogen and oxygen atoms in total. The Balaban J connectivity index is 2.77. The second-order valence-electron chi connectivity index (χ2n) is 4.80. The highest BCUT2D eigenvalue weighted by Crippen LogP contribution is 2.31. The summed E-state index contributed by atoms with van der Waals surface area (Å²) in [6.07, 6.45) is 0. The molecule has 0 aliphatic carbocycles. The minimum Gasteiger partial charge on any atom is -0.496 e. The summed E-state index contributed by atoms with van der Waals surface area (Å²) >= 11 is 3.47. The molecule has 3 N–H and O–H groups in total. The number of nitrogens with two attached hydrogens (primary N) is 1. The first kappa shape index (κ1) is 15.0. The summed E-state index contributed by atoms with van der Waals surface area (Å²) in [4.78, 5) is 10.7. The SMILES string of the molecule is COc1ccc(C(C)(C)CNCC(N)=O)cc1Br. The molecule has 0 bridgehead atoms. The van der Waals surface area contributed by atoms with Crippen LogP contribution in [0.5, 0.6) is 5.75 Å². The number of halogens is 1. The Morgan fingerprint density at radius 3 is 2.67 bits per heavy atom. The smallest absolute Gasteiger partial charge is 0.231 e. The molecule has 1 aromatic rings. The number of nitrogens with one attached hydrogen (secondary N) is 1. The fraction of sp³-hybridized carbons (Fsp3) is 0.462. The lowest BCUT2D eigenvalue weighted by molar-refractivity contribution is -0.117. The van der Waals surface area contributed by atoms with Crippen LogP contribution >= 0.6 is 15.9 Å². The van der Waals surface area contributed by atoms with Gasteiger partial charge < -0.3 is 15.8 Å². The van der Waals surface area contributed by atoms with E-state index in [1.807, 2.05) is 18.2 Å². The second-order valence-corrected chi connectivity index (χ2v) is 5.66. The molecule has 0 unspecified atom stereocenters. The van der Waals surface area contributed by atoms with Crippen LogP contribution in [-0.4, -0.2) is 26.1 Å². The van der Waals surface area contributed by atoms with Gasteiger partial charge in [0.1, 0.15) is 5.75 Å². The van der Waals surface area contributed by atoms with Crippen molar-refractivity contribution in [2.75, 3.05) is 20.2 Å². The molecule has 1 rings (SSSR count). The van der Waals surface area contributed by atoms with Gasteiger partial charge in [-0.3, -0.25) is 4.79 Å². The quantitative estimate of drug-likeness (QED) is 0.841. The van der Waals surface area contributed by atoms with Crippen molar-refractivity contribution in [2.24, 2.45) is 5.73 Å². The van der Waals surface area contributed by atoms with Crippen LogP contribution in [0.3, 0.4) is 0 Å². The predicted molar refractivity (Wildman–Crippen MR) is 75.8 cm³/mol. The lowest BCUT2D eigenvalue weighted by Crippen LogP contribution is -2.37. The van der Waals surface area contributed by atoms with Crippen LogP contribution in [0.4, 0.5) is 0 Å². The van der Waals surface area contributed by atoms with E-state index in [9.17, 15) is 4.79 Å². The Bertz CT molecular complexity index is 433. The molecule has 5 heteroatoms. The number of amides is 1. The first-order valence-electron chi connectivity index (χ1n) is 5.70. The van der Waals surface area contributed by atoms with E-state index in [2.05, 4.69) is 35.1 Å². The van der Waals surface area contributed by atoms with Gasteiger partial charge in [0.2, 0.25) is 5.91 Å². The first-order chi connectivity index (χ1) is 8.36. The number of hydrogen-bond donors (Lipinski definition) is 2. The van der Waals surface area contributed by atoms with Gasteiger partial charge in [0.05, 0.1) is 18.1 Å². The molecular formula is C13H19BrN2O2. The van der Waals surface area contributed by atoms with Crippen molar-refractivity contribution in [2.45, 2.75) is 19.3 Å². The molecule has 0 radical (unpaired) electrons. The van der Waals surface area contributed by atoms with E-state index in [-0.39, 0.29) is 17.9 Å². The van der Waals surface area contributed by atoms with Crippen LogP contribution in [0, 0.1) is 0 Å². The molecule has 0 spiro atoms. The number of ether oxygens (including phenoxy) is 1. The average Bonchev–Trinajstić information content (AvgIpc) is 2.28. The molecular weight excluding hydrogens is 296 g/mol. The van der Waals surface area contributed by atoms with E-state index in [0.29, 0.717) is 6.54 Å². The van der Waals surface area contributed by atoms with Crippen molar-refractivity contribution in [3.63, 3.8) is 0 Å². The van der Waals surface area contributed by atoms with Gasteiger partial charge in [-0.25, -0.2) is 0 Å². The number of hydrogen-bond acceptors (Lipinski definition) is 3. The van der Waals surface area contributed by atoms with Crippen molar-refractivity contribution < 1.29 is 9.53 Å². The van der Waals surface area contributed by atoms with Crippen LogP contribution < -0.4 is 15.8 Å². The fourth-order valence-electron chi connectivity index (χ4n) is 1.69. The third kappa shape index (κ3) is 3.99. The zero-order valence-electron chi connectivity index (χ0n) is 10.9. The molecule has 0 aliphatic rings. The first-order valence-corrected chi connectivity index (χ1v) is 6.49. The zero-order chi connectivity index (χ0) is 13.8. The Labute approximate surface area is 116 Å². The van der Waals surface area contributed by atoms with Gasteiger partial charge in [-0.05, 0) is 33.6 Å². The lowest BCUT2D eigenvalue weighted by atomic mass is 9.84. The van der Waals surface area contributed by atoms with Gasteiger partial charge >= 0.3 is 0 Å². The predicted octanol–water partition coefficient (Wildman–Crippen LogP) is 1.81. The Morgan fingerprint density at radius 1 is 1.50 bits per heavy atom. The third-order valence-electron chi connectivity index (χ3n) is 2.80. The molecule has 0 fully saturated rings. The van der Waals surface area contributed by atoms with Crippen LogP contribution in [0.25, 0.3) is 0 Å².